The van der Waals surface area contributed by atoms with Gasteiger partial charge in [-0.1, -0.05) is 17.7 Å². The molecule has 0 radical (unpaired) electrons. The predicted octanol–water partition coefficient (Wildman–Crippen LogP) is 3.56. The first-order valence-electron chi connectivity index (χ1n) is 10.4. The van der Waals surface area contributed by atoms with E-state index in [1.165, 1.54) is 0 Å². The summed E-state index contributed by atoms with van der Waals surface area (Å²) in [4.78, 5) is 36.2. The number of hydrogen-bond donors (Lipinski definition) is 2. The number of piperidine rings is 1. The third-order valence-electron chi connectivity index (χ3n) is 5.56. The molecular formula is C22H25ClN6O2. The van der Waals surface area contributed by atoms with E-state index < -0.39 is 0 Å². The van der Waals surface area contributed by atoms with Gasteiger partial charge in [0, 0.05) is 42.6 Å². The van der Waals surface area contributed by atoms with Crippen molar-refractivity contribution >= 4 is 40.3 Å². The fraction of sp³-hybridized carbons (Fsp3) is 0.364. The van der Waals surface area contributed by atoms with Crippen molar-refractivity contribution in [2.45, 2.75) is 39.3 Å². The zero-order valence-corrected chi connectivity index (χ0v) is 18.3. The predicted molar refractivity (Wildman–Crippen MR) is 123 cm³/mol. The van der Waals surface area contributed by atoms with E-state index in [4.69, 9.17) is 11.6 Å². The molecule has 0 atom stereocenters. The Morgan fingerprint density at radius 3 is 2.74 bits per heavy atom. The Hall–Kier alpha value is -3.13. The molecule has 1 saturated heterocycles. The summed E-state index contributed by atoms with van der Waals surface area (Å²) in [6, 6.07) is 8.87. The van der Waals surface area contributed by atoms with Gasteiger partial charge in [0.25, 0.3) is 5.56 Å². The maximum Gasteiger partial charge on any atom is 0.319 e. The van der Waals surface area contributed by atoms with Crippen LogP contribution < -0.4 is 21.1 Å². The summed E-state index contributed by atoms with van der Waals surface area (Å²) in [6.07, 6.45) is 3.11. The number of urea groups is 1. The Morgan fingerprint density at radius 1 is 1.26 bits per heavy atom. The Bertz CT molecular complexity index is 1170. The van der Waals surface area contributed by atoms with Crippen LogP contribution in [0.1, 0.15) is 25.3 Å². The molecule has 1 aliphatic rings. The van der Waals surface area contributed by atoms with Crippen LogP contribution in [0, 0.1) is 6.92 Å². The van der Waals surface area contributed by atoms with Crippen molar-refractivity contribution in [1.29, 1.82) is 0 Å². The number of hydrogen-bond acceptors (Lipinski definition) is 5. The minimum atomic E-state index is -0.262. The van der Waals surface area contributed by atoms with Gasteiger partial charge in [-0.15, -0.1) is 0 Å². The average Bonchev–Trinajstić information content (AvgIpc) is 2.76. The van der Waals surface area contributed by atoms with Crippen LogP contribution in [0.3, 0.4) is 0 Å². The lowest BCUT2D eigenvalue weighted by Crippen LogP contribution is -2.47. The quantitative estimate of drug-likeness (QED) is 0.647. The van der Waals surface area contributed by atoms with E-state index >= 15 is 0 Å². The van der Waals surface area contributed by atoms with Crippen LogP contribution in [0.4, 0.5) is 16.3 Å². The molecule has 0 spiro atoms. The fourth-order valence-electron chi connectivity index (χ4n) is 3.82. The Kier molecular flexibility index (Phi) is 6.08. The molecule has 4 rings (SSSR count). The van der Waals surface area contributed by atoms with Gasteiger partial charge >= 0.3 is 6.03 Å². The second-order valence-electron chi connectivity index (χ2n) is 7.65. The van der Waals surface area contributed by atoms with Crippen molar-refractivity contribution < 1.29 is 4.79 Å². The molecule has 162 valence electrons. The van der Waals surface area contributed by atoms with E-state index in [1.54, 1.807) is 16.8 Å². The third-order valence-corrected chi connectivity index (χ3v) is 5.97. The van der Waals surface area contributed by atoms with E-state index in [0.717, 1.165) is 18.4 Å². The number of nitrogens with one attached hydrogen (secondary N) is 2. The molecule has 31 heavy (non-hydrogen) atoms. The second kappa shape index (κ2) is 8.93. The highest BCUT2D eigenvalue weighted by atomic mass is 35.5. The molecule has 3 aromatic rings. The average molecular weight is 441 g/mol. The van der Waals surface area contributed by atoms with Crippen LogP contribution in [-0.4, -0.2) is 39.7 Å². The molecule has 1 fully saturated rings. The summed E-state index contributed by atoms with van der Waals surface area (Å²) in [5.41, 5.74) is 2.78. The number of fused-ring (bicyclic) bond motifs is 1. The van der Waals surface area contributed by atoms with Gasteiger partial charge in [0.05, 0.1) is 0 Å². The molecule has 8 nitrogen and oxygen atoms in total. The first-order valence-corrected chi connectivity index (χ1v) is 10.8. The van der Waals surface area contributed by atoms with Crippen LogP contribution >= 0.6 is 11.6 Å². The maximum atomic E-state index is 13.0. The molecule has 0 unspecified atom stereocenters. The SMILES string of the molecule is CCn1c(=O)c(N2CCC(NC(=O)Nc3ccc(C)c(Cl)c3)CC2)nc2cccnc21. The number of carbonyl (C=O) groups excluding carboxylic acids is 1. The number of halogens is 1. The van der Waals surface area contributed by atoms with Crippen LogP contribution in [0.15, 0.2) is 41.3 Å². The number of pyridine rings is 1. The first kappa shape index (κ1) is 21.1. The van der Waals surface area contributed by atoms with E-state index in [0.29, 0.717) is 47.3 Å². The normalized spacial score (nSPS) is 14.6. The van der Waals surface area contributed by atoms with Crippen LogP contribution in [0.2, 0.25) is 5.02 Å². The zero-order chi connectivity index (χ0) is 22.0. The van der Waals surface area contributed by atoms with Gasteiger partial charge in [-0.25, -0.2) is 14.8 Å². The highest BCUT2D eigenvalue weighted by Gasteiger charge is 2.24. The summed E-state index contributed by atoms with van der Waals surface area (Å²) < 4.78 is 1.65. The van der Waals surface area contributed by atoms with Gasteiger partial charge in [0.1, 0.15) is 5.52 Å². The molecular weight excluding hydrogens is 416 g/mol. The smallest absolute Gasteiger partial charge is 0.319 e. The lowest BCUT2D eigenvalue weighted by molar-refractivity contribution is 0.246. The van der Waals surface area contributed by atoms with E-state index in [1.807, 2.05) is 43.0 Å². The first-order chi connectivity index (χ1) is 15.0. The van der Waals surface area contributed by atoms with Gasteiger partial charge in [-0.05, 0) is 56.5 Å². The summed E-state index contributed by atoms with van der Waals surface area (Å²) >= 11 is 6.12. The highest BCUT2D eigenvalue weighted by molar-refractivity contribution is 6.31. The molecule has 3 heterocycles. The van der Waals surface area contributed by atoms with Crippen molar-refractivity contribution in [2.24, 2.45) is 0 Å². The summed E-state index contributed by atoms with van der Waals surface area (Å²) in [7, 11) is 0. The number of aryl methyl sites for hydroxylation is 2. The van der Waals surface area contributed by atoms with Gasteiger partial charge in [-0.3, -0.25) is 9.36 Å². The van der Waals surface area contributed by atoms with Gasteiger partial charge in [-0.2, -0.15) is 0 Å². The van der Waals surface area contributed by atoms with Crippen molar-refractivity contribution in [3.63, 3.8) is 0 Å². The molecule has 2 amide bonds. The Labute approximate surface area is 185 Å². The number of aromatic nitrogens is 3. The fourth-order valence-corrected chi connectivity index (χ4v) is 4.00. The Balaban J connectivity index is 1.41. The topological polar surface area (TPSA) is 92.2 Å². The minimum Gasteiger partial charge on any atom is -0.352 e. The molecule has 1 aromatic carbocycles. The minimum absolute atomic E-state index is 0.0210. The van der Waals surface area contributed by atoms with Crippen LogP contribution in [0.5, 0.6) is 0 Å². The van der Waals surface area contributed by atoms with Crippen molar-refractivity contribution in [2.75, 3.05) is 23.3 Å². The summed E-state index contributed by atoms with van der Waals surface area (Å²) in [6.45, 7) is 5.65. The molecule has 9 heteroatoms. The molecule has 2 aromatic heterocycles. The molecule has 0 aliphatic carbocycles. The highest BCUT2D eigenvalue weighted by Crippen LogP contribution is 2.21. The number of nitrogens with zero attached hydrogens (tertiary/aromatic N) is 4. The zero-order valence-electron chi connectivity index (χ0n) is 17.6. The summed E-state index contributed by atoms with van der Waals surface area (Å²) in [5, 5.41) is 6.44. The van der Waals surface area contributed by atoms with Crippen LogP contribution in [0.25, 0.3) is 11.2 Å². The molecule has 2 N–H and O–H groups in total. The lowest BCUT2D eigenvalue weighted by Gasteiger charge is -2.33. The van der Waals surface area contributed by atoms with E-state index in [9.17, 15) is 9.59 Å². The number of benzene rings is 1. The number of rotatable bonds is 4. The van der Waals surface area contributed by atoms with E-state index in [2.05, 4.69) is 20.6 Å². The van der Waals surface area contributed by atoms with Gasteiger partial charge in [0.15, 0.2) is 11.5 Å². The lowest BCUT2D eigenvalue weighted by atomic mass is 10.1. The maximum absolute atomic E-state index is 13.0. The number of amides is 2. The molecule has 1 aliphatic heterocycles. The van der Waals surface area contributed by atoms with Crippen molar-refractivity contribution in [3.05, 3.63) is 57.5 Å². The molecule has 0 saturated carbocycles. The van der Waals surface area contributed by atoms with Crippen molar-refractivity contribution in [3.8, 4) is 0 Å². The summed E-state index contributed by atoms with van der Waals surface area (Å²) in [5.74, 6) is 0.444. The monoisotopic (exact) mass is 440 g/mol. The standard InChI is InChI=1S/C22H25ClN6O2/c1-3-29-19-18(5-4-10-24-19)27-20(21(29)30)28-11-8-15(9-12-28)25-22(31)26-16-7-6-14(2)17(23)13-16/h4-7,10,13,15H,3,8-9,11-12H2,1-2H3,(H2,25,26,31). The number of carbonyl (C=O) groups is 1. The second-order valence-corrected chi connectivity index (χ2v) is 8.06. The van der Waals surface area contributed by atoms with Gasteiger partial charge in [0.2, 0.25) is 0 Å². The number of anilines is 2. The largest absolute Gasteiger partial charge is 0.352 e. The Morgan fingerprint density at radius 2 is 2.03 bits per heavy atom. The van der Waals surface area contributed by atoms with Crippen LogP contribution in [-0.2, 0) is 6.54 Å². The third kappa shape index (κ3) is 4.49. The van der Waals surface area contributed by atoms with E-state index in [-0.39, 0.29) is 17.6 Å². The molecule has 0 bridgehead atoms. The van der Waals surface area contributed by atoms with Crippen molar-refractivity contribution in [1.82, 2.24) is 19.9 Å². The van der Waals surface area contributed by atoms with Gasteiger partial charge < -0.3 is 15.5 Å².